The van der Waals surface area contributed by atoms with E-state index >= 15 is 0 Å². The Labute approximate surface area is 189 Å². The number of hydrogen-bond donors (Lipinski definition) is 2. The van der Waals surface area contributed by atoms with Gasteiger partial charge in [0.1, 0.15) is 16.9 Å². The number of rotatable bonds is 6. The largest absolute Gasteiger partial charge is 0.494 e. The third-order valence-electron chi connectivity index (χ3n) is 4.83. The van der Waals surface area contributed by atoms with Crippen LogP contribution in [0.25, 0.3) is 0 Å². The van der Waals surface area contributed by atoms with Crippen molar-refractivity contribution in [2.75, 3.05) is 27.9 Å². The van der Waals surface area contributed by atoms with E-state index in [-0.39, 0.29) is 22.7 Å². The Morgan fingerprint density at radius 3 is 2.56 bits per heavy atom. The summed E-state index contributed by atoms with van der Waals surface area (Å²) in [7, 11) is 0. The monoisotopic (exact) mass is 451 g/mol. The van der Waals surface area contributed by atoms with Crippen LogP contribution in [0.3, 0.4) is 0 Å². The molecular weight excluding hydrogens is 429 g/mol. The molecule has 1 saturated heterocycles. The van der Waals surface area contributed by atoms with Gasteiger partial charge in [0.15, 0.2) is 0 Å². The Hall–Kier alpha value is -3.52. The molecule has 2 N–H and O–H groups in total. The number of ether oxygens (including phenoxy) is 1. The van der Waals surface area contributed by atoms with Gasteiger partial charge in [0.2, 0.25) is 5.91 Å². The van der Waals surface area contributed by atoms with Crippen molar-refractivity contribution >= 4 is 40.8 Å². The minimum atomic E-state index is -0.447. The van der Waals surface area contributed by atoms with E-state index in [1.807, 2.05) is 13.0 Å². The summed E-state index contributed by atoms with van der Waals surface area (Å²) >= 11 is 1.42. The molecule has 1 aliphatic heterocycles. The summed E-state index contributed by atoms with van der Waals surface area (Å²) in [6.45, 7) is 2.48. The fraction of sp³-hybridized carbons (Fsp3) is 0.167. The van der Waals surface area contributed by atoms with E-state index < -0.39 is 11.8 Å². The molecule has 3 aromatic carbocycles. The summed E-state index contributed by atoms with van der Waals surface area (Å²) in [5.74, 6) is 0.387. The first-order chi connectivity index (χ1) is 15.5. The van der Waals surface area contributed by atoms with Crippen LogP contribution in [0.15, 0.2) is 72.8 Å². The fourth-order valence-corrected chi connectivity index (χ4v) is 4.60. The van der Waals surface area contributed by atoms with Crippen LogP contribution in [0.2, 0.25) is 0 Å². The molecule has 3 aromatic rings. The van der Waals surface area contributed by atoms with E-state index in [1.54, 1.807) is 60.7 Å². The molecule has 0 bridgehead atoms. The predicted octanol–water partition coefficient (Wildman–Crippen LogP) is 5.65. The van der Waals surface area contributed by atoms with Crippen LogP contribution in [-0.4, -0.2) is 24.3 Å². The maximum absolute atomic E-state index is 14.4. The Balaban J connectivity index is 1.47. The van der Waals surface area contributed by atoms with Crippen molar-refractivity contribution in [3.8, 4) is 5.75 Å². The van der Waals surface area contributed by atoms with Crippen molar-refractivity contribution in [2.45, 2.75) is 12.3 Å². The van der Waals surface area contributed by atoms with Crippen molar-refractivity contribution in [2.24, 2.45) is 0 Å². The third kappa shape index (κ3) is 4.86. The second-order valence-corrected chi connectivity index (χ2v) is 8.11. The van der Waals surface area contributed by atoms with Crippen molar-refractivity contribution in [3.05, 3.63) is 84.2 Å². The minimum absolute atomic E-state index is 0.156. The van der Waals surface area contributed by atoms with E-state index in [0.29, 0.717) is 18.0 Å². The summed E-state index contributed by atoms with van der Waals surface area (Å²) in [6, 6.07) is 20.1. The number of nitrogens with zero attached hydrogens (tertiary/aromatic N) is 1. The van der Waals surface area contributed by atoms with Crippen LogP contribution in [0, 0.1) is 5.82 Å². The molecule has 32 heavy (non-hydrogen) atoms. The number of hydrogen-bond acceptors (Lipinski definition) is 4. The van der Waals surface area contributed by atoms with Gasteiger partial charge in [-0.05, 0) is 61.0 Å². The van der Waals surface area contributed by atoms with Crippen LogP contribution >= 0.6 is 11.8 Å². The Morgan fingerprint density at radius 1 is 1.06 bits per heavy atom. The minimum Gasteiger partial charge on any atom is -0.494 e. The number of carbonyl (C=O) groups is 2. The lowest BCUT2D eigenvalue weighted by Crippen LogP contribution is -2.28. The smallest absolute Gasteiger partial charge is 0.323 e. The van der Waals surface area contributed by atoms with Gasteiger partial charge >= 0.3 is 6.03 Å². The molecule has 3 amide bonds. The quantitative estimate of drug-likeness (QED) is 0.508. The Morgan fingerprint density at radius 2 is 1.81 bits per heavy atom. The lowest BCUT2D eigenvalue weighted by atomic mass is 10.1. The first-order valence-electron chi connectivity index (χ1n) is 10.1. The number of halogens is 1. The Kier molecular flexibility index (Phi) is 6.61. The number of carbonyl (C=O) groups excluding carboxylic acids is 2. The van der Waals surface area contributed by atoms with Gasteiger partial charge in [-0.3, -0.25) is 9.69 Å². The molecule has 6 nitrogen and oxygen atoms in total. The van der Waals surface area contributed by atoms with Crippen LogP contribution in [-0.2, 0) is 4.79 Å². The first-order valence-corrected chi connectivity index (χ1v) is 11.2. The normalized spacial score (nSPS) is 15.5. The molecule has 0 spiro atoms. The van der Waals surface area contributed by atoms with Crippen molar-refractivity contribution < 1.29 is 18.7 Å². The molecule has 1 atom stereocenters. The second kappa shape index (κ2) is 9.74. The van der Waals surface area contributed by atoms with Crippen LogP contribution in [0.4, 0.5) is 26.2 Å². The zero-order valence-corrected chi connectivity index (χ0v) is 18.2. The van der Waals surface area contributed by atoms with Crippen LogP contribution < -0.4 is 20.3 Å². The number of para-hydroxylation sites is 1. The average molecular weight is 452 g/mol. The summed E-state index contributed by atoms with van der Waals surface area (Å²) in [6.07, 6.45) is 0. The zero-order chi connectivity index (χ0) is 22.5. The van der Waals surface area contributed by atoms with Gasteiger partial charge in [-0.1, -0.05) is 24.3 Å². The molecule has 0 aliphatic carbocycles. The maximum Gasteiger partial charge on any atom is 0.323 e. The standard InChI is InChI=1S/C24H22FN3O3S/c1-2-31-19-12-10-17(11-13-19)26-24(30)27-18-7-5-6-16(14-18)23-28(22(29)15-32-23)21-9-4-3-8-20(21)25/h3-14,23H,2,15H2,1H3,(H2,26,27,30)/t23-/m0/s1. The molecular formula is C24H22FN3O3S. The molecule has 4 rings (SSSR count). The molecule has 0 unspecified atom stereocenters. The van der Waals surface area contributed by atoms with Gasteiger partial charge in [-0.15, -0.1) is 11.8 Å². The average Bonchev–Trinajstić information content (AvgIpc) is 3.17. The highest BCUT2D eigenvalue weighted by Crippen LogP contribution is 2.42. The molecule has 1 aliphatic rings. The van der Waals surface area contributed by atoms with E-state index in [0.717, 1.165) is 11.3 Å². The van der Waals surface area contributed by atoms with Gasteiger partial charge in [0, 0.05) is 11.4 Å². The van der Waals surface area contributed by atoms with Crippen molar-refractivity contribution in [1.82, 2.24) is 0 Å². The molecule has 1 fully saturated rings. The number of benzene rings is 3. The van der Waals surface area contributed by atoms with Gasteiger partial charge in [0.05, 0.1) is 18.0 Å². The molecule has 0 saturated carbocycles. The molecule has 1 heterocycles. The lowest BCUT2D eigenvalue weighted by Gasteiger charge is -2.25. The van der Waals surface area contributed by atoms with E-state index in [1.165, 1.54) is 22.7 Å². The van der Waals surface area contributed by atoms with Gasteiger partial charge in [-0.25, -0.2) is 9.18 Å². The van der Waals surface area contributed by atoms with Crippen LogP contribution in [0.1, 0.15) is 17.9 Å². The fourth-order valence-electron chi connectivity index (χ4n) is 3.44. The predicted molar refractivity (Wildman–Crippen MR) is 126 cm³/mol. The lowest BCUT2D eigenvalue weighted by molar-refractivity contribution is -0.115. The van der Waals surface area contributed by atoms with E-state index in [4.69, 9.17) is 4.74 Å². The highest BCUT2D eigenvalue weighted by atomic mass is 32.2. The number of thioether (sulfide) groups is 1. The van der Waals surface area contributed by atoms with E-state index in [2.05, 4.69) is 10.6 Å². The second-order valence-electron chi connectivity index (χ2n) is 7.04. The van der Waals surface area contributed by atoms with Crippen LogP contribution in [0.5, 0.6) is 5.75 Å². The highest BCUT2D eigenvalue weighted by molar-refractivity contribution is 8.00. The van der Waals surface area contributed by atoms with Gasteiger partial charge in [-0.2, -0.15) is 0 Å². The summed E-state index contributed by atoms with van der Waals surface area (Å²) in [4.78, 5) is 26.4. The van der Waals surface area contributed by atoms with Gasteiger partial charge < -0.3 is 15.4 Å². The summed E-state index contributed by atoms with van der Waals surface area (Å²) < 4.78 is 19.8. The molecule has 0 aromatic heterocycles. The number of amides is 3. The summed E-state index contributed by atoms with van der Waals surface area (Å²) in [5.41, 5.74) is 2.24. The zero-order valence-electron chi connectivity index (χ0n) is 17.4. The number of urea groups is 1. The molecule has 0 radical (unpaired) electrons. The third-order valence-corrected chi connectivity index (χ3v) is 6.05. The maximum atomic E-state index is 14.4. The topological polar surface area (TPSA) is 70.7 Å². The van der Waals surface area contributed by atoms with Gasteiger partial charge in [0.25, 0.3) is 0 Å². The summed E-state index contributed by atoms with van der Waals surface area (Å²) in [5, 5.41) is 5.20. The molecule has 164 valence electrons. The van der Waals surface area contributed by atoms with Crippen molar-refractivity contribution in [1.29, 1.82) is 0 Å². The first kappa shape index (κ1) is 21.7. The number of nitrogens with one attached hydrogen (secondary N) is 2. The SMILES string of the molecule is CCOc1ccc(NC(=O)Nc2cccc([C@@H]3SCC(=O)N3c3ccccc3F)c2)cc1. The van der Waals surface area contributed by atoms with Crippen molar-refractivity contribution in [3.63, 3.8) is 0 Å². The number of anilines is 3. The Bertz CT molecular complexity index is 1120. The molecule has 8 heteroatoms. The van der Waals surface area contributed by atoms with E-state index in [9.17, 15) is 14.0 Å². The highest BCUT2D eigenvalue weighted by Gasteiger charge is 2.35.